The maximum Gasteiger partial charge on any atom is 0.227 e. The van der Waals surface area contributed by atoms with Crippen LogP contribution in [-0.4, -0.2) is 23.0 Å². The van der Waals surface area contributed by atoms with Crippen molar-refractivity contribution in [1.29, 1.82) is 0 Å². The number of aliphatic hydroxyl groups is 1. The summed E-state index contributed by atoms with van der Waals surface area (Å²) in [6.45, 7) is 0. The largest absolute Gasteiger partial charge is 0.380 e. The molecule has 4 rings (SSSR count). The topological polar surface area (TPSA) is 52.6 Å². The smallest absolute Gasteiger partial charge is 0.227 e. The number of hydrogen-bond donors (Lipinski definition) is 2. The van der Waals surface area contributed by atoms with Gasteiger partial charge in [0.1, 0.15) is 5.60 Å². The molecule has 4 nitrogen and oxygen atoms in total. The van der Waals surface area contributed by atoms with Crippen molar-refractivity contribution in [3.8, 4) is 0 Å². The molecule has 2 aliphatic heterocycles. The lowest BCUT2D eigenvalue weighted by atomic mass is 9.80. The number of carbonyl (C=O) groups excluding carboxylic acids is 1. The Bertz CT molecular complexity index is 731. The Morgan fingerprint density at radius 3 is 2.52 bits per heavy atom. The van der Waals surface area contributed by atoms with E-state index in [-0.39, 0.29) is 12.3 Å². The highest BCUT2D eigenvalue weighted by atomic mass is 16.3. The Balaban J connectivity index is 2.02. The van der Waals surface area contributed by atoms with Crippen LogP contribution in [0.2, 0.25) is 0 Å². The Kier molecular flexibility index (Phi) is 2.28. The molecule has 0 unspecified atom stereocenters. The number of para-hydroxylation sites is 1. The highest BCUT2D eigenvalue weighted by Crippen LogP contribution is 2.58. The molecular formula is C17H16N2O2. The van der Waals surface area contributed by atoms with Gasteiger partial charge in [-0.25, -0.2) is 0 Å². The van der Waals surface area contributed by atoms with Crippen LogP contribution in [0.15, 0.2) is 54.6 Å². The minimum absolute atomic E-state index is 0.0663. The van der Waals surface area contributed by atoms with Crippen LogP contribution in [0.5, 0.6) is 0 Å². The van der Waals surface area contributed by atoms with Crippen LogP contribution in [-0.2, 0) is 16.1 Å². The standard InChI is InChI=1S/C17H16N2O2/c1-19-15(20)11-16(21)13-9-5-6-10-14(13)18-17(16,19)12-7-3-2-4-8-12/h2-10,18,21H,11H2,1H3/t16-,17+/m0/s1. The van der Waals surface area contributed by atoms with E-state index >= 15 is 0 Å². The van der Waals surface area contributed by atoms with Gasteiger partial charge in [0.05, 0.1) is 6.42 Å². The molecule has 2 N–H and O–H groups in total. The van der Waals surface area contributed by atoms with Gasteiger partial charge in [-0.3, -0.25) is 4.79 Å². The van der Waals surface area contributed by atoms with Gasteiger partial charge in [-0.1, -0.05) is 48.5 Å². The molecule has 0 aliphatic carbocycles. The number of likely N-dealkylation sites (N-methyl/N-ethyl adjacent to an activating group) is 1. The zero-order valence-corrected chi connectivity index (χ0v) is 11.7. The van der Waals surface area contributed by atoms with Gasteiger partial charge < -0.3 is 15.3 Å². The van der Waals surface area contributed by atoms with Gasteiger partial charge in [-0.05, 0) is 6.07 Å². The molecule has 1 saturated heterocycles. The third-order valence-corrected chi connectivity index (χ3v) is 4.76. The molecule has 2 aromatic rings. The average Bonchev–Trinajstić information content (AvgIpc) is 2.88. The molecule has 0 bridgehead atoms. The Morgan fingerprint density at radius 1 is 1.10 bits per heavy atom. The number of nitrogens with one attached hydrogen (secondary N) is 1. The number of benzene rings is 2. The lowest BCUT2D eigenvalue weighted by Gasteiger charge is -2.41. The van der Waals surface area contributed by atoms with Crippen LogP contribution in [0.3, 0.4) is 0 Å². The number of nitrogens with zero attached hydrogens (tertiary/aromatic N) is 1. The SMILES string of the molecule is CN1C(=O)C[C@]2(O)c3ccccc3N[C@]12c1ccccc1. The molecule has 2 aliphatic rings. The van der Waals surface area contributed by atoms with Crippen molar-refractivity contribution in [3.63, 3.8) is 0 Å². The van der Waals surface area contributed by atoms with Crippen LogP contribution in [0.1, 0.15) is 17.5 Å². The maximum atomic E-state index is 12.3. The molecule has 2 aromatic carbocycles. The fourth-order valence-corrected chi connectivity index (χ4v) is 3.74. The molecule has 1 amide bonds. The van der Waals surface area contributed by atoms with Crippen molar-refractivity contribution in [3.05, 3.63) is 65.7 Å². The summed E-state index contributed by atoms with van der Waals surface area (Å²) in [7, 11) is 1.74. The number of rotatable bonds is 1. The summed E-state index contributed by atoms with van der Waals surface area (Å²) >= 11 is 0. The predicted octanol–water partition coefficient (Wildman–Crippen LogP) is 2.01. The van der Waals surface area contributed by atoms with Crippen molar-refractivity contribution < 1.29 is 9.90 Å². The number of anilines is 1. The first-order valence-corrected chi connectivity index (χ1v) is 7.02. The maximum absolute atomic E-state index is 12.3. The fraction of sp³-hybridized carbons (Fsp3) is 0.235. The third kappa shape index (κ3) is 1.30. The fourth-order valence-electron chi connectivity index (χ4n) is 3.74. The van der Waals surface area contributed by atoms with E-state index in [0.29, 0.717) is 0 Å². The number of amides is 1. The molecule has 0 radical (unpaired) electrons. The van der Waals surface area contributed by atoms with Gasteiger partial charge in [0.25, 0.3) is 0 Å². The number of hydrogen-bond acceptors (Lipinski definition) is 3. The minimum Gasteiger partial charge on any atom is -0.380 e. The summed E-state index contributed by atoms with van der Waals surface area (Å²) in [5.74, 6) is -0.0663. The van der Waals surface area contributed by atoms with E-state index in [2.05, 4.69) is 5.32 Å². The molecule has 0 aromatic heterocycles. The Labute approximate surface area is 123 Å². The summed E-state index contributed by atoms with van der Waals surface area (Å²) in [6.07, 6.45) is 0.0857. The van der Waals surface area contributed by atoms with Crippen LogP contribution in [0, 0.1) is 0 Å². The normalized spacial score (nSPS) is 30.0. The van der Waals surface area contributed by atoms with E-state index in [4.69, 9.17) is 0 Å². The van der Waals surface area contributed by atoms with Gasteiger partial charge in [-0.15, -0.1) is 0 Å². The summed E-state index contributed by atoms with van der Waals surface area (Å²) in [5, 5.41) is 14.8. The second kappa shape index (κ2) is 3.86. The first kappa shape index (κ1) is 12.4. The zero-order valence-electron chi connectivity index (χ0n) is 11.7. The van der Waals surface area contributed by atoms with Crippen molar-refractivity contribution in [2.75, 3.05) is 12.4 Å². The Morgan fingerprint density at radius 2 is 1.76 bits per heavy atom. The van der Waals surface area contributed by atoms with Crippen molar-refractivity contribution in [2.45, 2.75) is 17.7 Å². The monoisotopic (exact) mass is 280 g/mol. The summed E-state index contributed by atoms with van der Waals surface area (Å²) in [4.78, 5) is 13.9. The van der Waals surface area contributed by atoms with Crippen LogP contribution in [0.4, 0.5) is 5.69 Å². The lowest BCUT2D eigenvalue weighted by molar-refractivity contribution is -0.129. The third-order valence-electron chi connectivity index (χ3n) is 4.76. The first-order chi connectivity index (χ1) is 10.1. The van der Waals surface area contributed by atoms with Crippen LogP contribution in [0.25, 0.3) is 0 Å². The second-order valence-electron chi connectivity index (χ2n) is 5.74. The minimum atomic E-state index is -1.25. The number of carbonyl (C=O) groups is 1. The zero-order chi connectivity index (χ0) is 14.7. The van der Waals surface area contributed by atoms with Gasteiger partial charge in [0.15, 0.2) is 5.66 Å². The van der Waals surface area contributed by atoms with Crippen molar-refractivity contribution in [1.82, 2.24) is 4.90 Å². The van der Waals surface area contributed by atoms with E-state index in [9.17, 15) is 9.90 Å². The highest BCUT2D eigenvalue weighted by Gasteiger charge is 2.67. The summed E-state index contributed by atoms with van der Waals surface area (Å²) < 4.78 is 0. The molecule has 1 fully saturated rings. The van der Waals surface area contributed by atoms with Gasteiger partial charge in [0.2, 0.25) is 5.91 Å². The number of fused-ring (bicyclic) bond motifs is 3. The van der Waals surface area contributed by atoms with E-state index in [0.717, 1.165) is 16.8 Å². The van der Waals surface area contributed by atoms with Crippen molar-refractivity contribution >= 4 is 11.6 Å². The lowest BCUT2D eigenvalue weighted by Crippen LogP contribution is -2.54. The van der Waals surface area contributed by atoms with Gasteiger partial charge in [0, 0.05) is 23.9 Å². The molecule has 0 saturated carbocycles. The van der Waals surface area contributed by atoms with Crippen molar-refractivity contribution in [2.24, 2.45) is 0 Å². The van der Waals surface area contributed by atoms with Gasteiger partial charge >= 0.3 is 0 Å². The predicted molar refractivity (Wildman–Crippen MR) is 79.5 cm³/mol. The molecule has 2 heterocycles. The highest BCUT2D eigenvalue weighted by molar-refractivity contribution is 5.86. The second-order valence-corrected chi connectivity index (χ2v) is 5.74. The molecule has 2 atom stereocenters. The van der Waals surface area contributed by atoms with Crippen LogP contribution >= 0.6 is 0 Å². The molecular weight excluding hydrogens is 264 g/mol. The molecule has 106 valence electrons. The quantitative estimate of drug-likeness (QED) is 0.840. The summed E-state index contributed by atoms with van der Waals surface area (Å²) in [5.41, 5.74) is 0.359. The average molecular weight is 280 g/mol. The van der Waals surface area contributed by atoms with E-state index < -0.39 is 11.3 Å². The Hall–Kier alpha value is -2.33. The van der Waals surface area contributed by atoms with E-state index in [1.807, 2.05) is 54.6 Å². The first-order valence-electron chi connectivity index (χ1n) is 7.02. The summed E-state index contributed by atoms with van der Waals surface area (Å²) in [6, 6.07) is 17.3. The molecule has 21 heavy (non-hydrogen) atoms. The van der Waals surface area contributed by atoms with Gasteiger partial charge in [-0.2, -0.15) is 0 Å². The van der Waals surface area contributed by atoms with Crippen LogP contribution < -0.4 is 5.32 Å². The molecule has 0 spiro atoms. The number of likely N-dealkylation sites (tertiary alicyclic amines) is 1. The van der Waals surface area contributed by atoms with E-state index in [1.165, 1.54) is 0 Å². The molecule has 4 heteroatoms. The van der Waals surface area contributed by atoms with E-state index in [1.54, 1.807) is 11.9 Å².